The molecule has 0 bridgehead atoms. The Bertz CT molecular complexity index is 1150. The molecule has 0 aliphatic heterocycles. The van der Waals surface area contributed by atoms with E-state index in [9.17, 15) is 20.0 Å². The van der Waals surface area contributed by atoms with Crippen molar-refractivity contribution in [3.63, 3.8) is 0 Å². The molecule has 0 saturated heterocycles. The summed E-state index contributed by atoms with van der Waals surface area (Å²) < 4.78 is 5.70. The van der Waals surface area contributed by atoms with Gasteiger partial charge in [-0.3, -0.25) is 4.79 Å². The minimum atomic E-state index is -1.05. The van der Waals surface area contributed by atoms with Crippen molar-refractivity contribution in [2.45, 2.75) is 6.92 Å². The van der Waals surface area contributed by atoms with Gasteiger partial charge in [-0.15, -0.1) is 0 Å². The van der Waals surface area contributed by atoms with Crippen LogP contribution < -0.4 is 5.32 Å². The van der Waals surface area contributed by atoms with Gasteiger partial charge in [0, 0.05) is 17.3 Å². The lowest BCUT2D eigenvalue weighted by Gasteiger charge is -2.05. The maximum absolute atomic E-state index is 12.3. The van der Waals surface area contributed by atoms with E-state index in [-0.39, 0.29) is 22.6 Å². The molecule has 0 fully saturated rings. The van der Waals surface area contributed by atoms with Gasteiger partial charge in [-0.2, -0.15) is 5.26 Å². The van der Waals surface area contributed by atoms with Crippen LogP contribution in [-0.4, -0.2) is 22.1 Å². The molecule has 0 aliphatic rings. The maximum Gasteiger partial charge on any atom is 0.335 e. The van der Waals surface area contributed by atoms with Crippen LogP contribution in [0.25, 0.3) is 17.4 Å². The first-order valence-electron chi connectivity index (χ1n) is 8.53. The lowest BCUT2D eigenvalue weighted by atomic mass is 10.0. The Morgan fingerprint density at radius 1 is 1.10 bits per heavy atom. The summed E-state index contributed by atoms with van der Waals surface area (Å²) in [5.74, 6) is -0.911. The van der Waals surface area contributed by atoms with Crippen molar-refractivity contribution in [3.8, 4) is 23.1 Å². The molecular formula is C22H16N2O5. The van der Waals surface area contributed by atoms with E-state index in [1.165, 1.54) is 42.5 Å². The van der Waals surface area contributed by atoms with Crippen molar-refractivity contribution >= 4 is 23.6 Å². The number of nitriles is 1. The van der Waals surface area contributed by atoms with Crippen LogP contribution in [0.2, 0.25) is 0 Å². The molecule has 3 aromatic rings. The van der Waals surface area contributed by atoms with Crippen LogP contribution in [0.1, 0.15) is 21.7 Å². The van der Waals surface area contributed by atoms with E-state index in [0.717, 1.165) is 5.56 Å². The maximum atomic E-state index is 12.3. The quantitative estimate of drug-likeness (QED) is 0.342. The number of benzene rings is 2. The molecule has 1 heterocycles. The van der Waals surface area contributed by atoms with E-state index >= 15 is 0 Å². The standard InChI is InChI=1S/C22H16N2O5/c1-13-2-3-14(22(27)28)11-19(13)20-9-8-18(29-20)10-15(12-23)21(26)24-16-4-6-17(25)7-5-16/h2-11,25H,1H3,(H,24,26)(H,27,28)/b15-10-. The number of hydrogen-bond acceptors (Lipinski definition) is 5. The molecule has 0 unspecified atom stereocenters. The lowest BCUT2D eigenvalue weighted by Crippen LogP contribution is -2.13. The Kier molecular flexibility index (Phi) is 5.47. The van der Waals surface area contributed by atoms with Crippen LogP contribution in [0.15, 0.2) is 64.6 Å². The number of furan rings is 1. The Morgan fingerprint density at radius 3 is 2.48 bits per heavy atom. The molecule has 7 heteroatoms. The fourth-order valence-electron chi connectivity index (χ4n) is 2.63. The van der Waals surface area contributed by atoms with E-state index in [1.807, 2.05) is 13.0 Å². The number of carboxylic acids is 1. The molecule has 3 rings (SSSR count). The lowest BCUT2D eigenvalue weighted by molar-refractivity contribution is -0.112. The molecule has 0 spiro atoms. The number of anilines is 1. The molecule has 144 valence electrons. The Morgan fingerprint density at radius 2 is 1.83 bits per heavy atom. The van der Waals surface area contributed by atoms with Gasteiger partial charge in [0.15, 0.2) is 0 Å². The number of aryl methyl sites for hydroxylation is 1. The van der Waals surface area contributed by atoms with E-state index in [4.69, 9.17) is 9.52 Å². The van der Waals surface area contributed by atoms with Crippen molar-refractivity contribution in [1.82, 2.24) is 0 Å². The zero-order valence-corrected chi connectivity index (χ0v) is 15.3. The highest BCUT2D eigenvalue weighted by molar-refractivity contribution is 6.09. The fraction of sp³-hybridized carbons (Fsp3) is 0.0455. The first-order chi connectivity index (χ1) is 13.9. The number of aromatic hydroxyl groups is 1. The number of aromatic carboxylic acids is 1. The Hall–Kier alpha value is -4.31. The number of carboxylic acid groups (broad SMARTS) is 1. The number of hydrogen-bond donors (Lipinski definition) is 3. The number of nitrogens with zero attached hydrogens (tertiary/aromatic N) is 1. The molecule has 7 nitrogen and oxygen atoms in total. The normalized spacial score (nSPS) is 11.0. The molecule has 3 N–H and O–H groups in total. The molecule has 29 heavy (non-hydrogen) atoms. The van der Waals surface area contributed by atoms with Crippen LogP contribution in [0.5, 0.6) is 5.75 Å². The van der Waals surface area contributed by atoms with E-state index < -0.39 is 11.9 Å². The minimum Gasteiger partial charge on any atom is -0.508 e. The van der Waals surface area contributed by atoms with Crippen molar-refractivity contribution in [2.24, 2.45) is 0 Å². The molecule has 0 aliphatic carbocycles. The van der Waals surface area contributed by atoms with Crippen LogP contribution >= 0.6 is 0 Å². The number of phenols is 1. The van der Waals surface area contributed by atoms with Crippen molar-refractivity contribution in [1.29, 1.82) is 5.26 Å². The van der Waals surface area contributed by atoms with Gasteiger partial charge >= 0.3 is 5.97 Å². The third-order valence-corrected chi connectivity index (χ3v) is 4.15. The average molecular weight is 388 g/mol. The van der Waals surface area contributed by atoms with Gasteiger partial charge in [-0.1, -0.05) is 6.07 Å². The smallest absolute Gasteiger partial charge is 0.335 e. The summed E-state index contributed by atoms with van der Waals surface area (Å²) in [6, 6.07) is 15.6. The van der Waals surface area contributed by atoms with Crippen molar-refractivity contribution in [2.75, 3.05) is 5.32 Å². The predicted octanol–water partition coefficient (Wildman–Crippen LogP) is 4.20. The topological polar surface area (TPSA) is 124 Å². The van der Waals surface area contributed by atoms with Gasteiger partial charge in [-0.05, 0) is 61.0 Å². The number of carbonyl (C=O) groups is 2. The van der Waals surface area contributed by atoms with Crippen LogP contribution in [0, 0.1) is 18.3 Å². The zero-order chi connectivity index (χ0) is 21.0. The zero-order valence-electron chi connectivity index (χ0n) is 15.3. The van der Waals surface area contributed by atoms with E-state index in [2.05, 4.69) is 5.32 Å². The number of amides is 1. The first kappa shape index (κ1) is 19.5. The third-order valence-electron chi connectivity index (χ3n) is 4.15. The molecule has 0 saturated carbocycles. The van der Waals surface area contributed by atoms with Crippen molar-refractivity contribution in [3.05, 3.63) is 77.1 Å². The Labute approximate surface area is 166 Å². The second-order valence-electron chi connectivity index (χ2n) is 6.21. The monoisotopic (exact) mass is 388 g/mol. The summed E-state index contributed by atoms with van der Waals surface area (Å²) in [6.45, 7) is 1.82. The highest BCUT2D eigenvalue weighted by Crippen LogP contribution is 2.27. The van der Waals surface area contributed by atoms with Crippen molar-refractivity contribution < 1.29 is 24.2 Å². The van der Waals surface area contributed by atoms with Gasteiger partial charge < -0.3 is 19.9 Å². The number of carbonyl (C=O) groups excluding carboxylic acids is 1. The molecule has 1 amide bonds. The summed E-state index contributed by atoms with van der Waals surface area (Å²) in [6.07, 6.45) is 1.30. The highest BCUT2D eigenvalue weighted by atomic mass is 16.4. The van der Waals surface area contributed by atoms with Crippen LogP contribution in [-0.2, 0) is 4.79 Å². The SMILES string of the molecule is Cc1ccc(C(=O)O)cc1-c1ccc(/C=C(/C#N)C(=O)Nc2ccc(O)cc2)o1. The summed E-state index contributed by atoms with van der Waals surface area (Å²) in [5.41, 5.74) is 1.82. The summed E-state index contributed by atoms with van der Waals surface area (Å²) in [5, 5.41) is 30.3. The molecule has 0 atom stereocenters. The van der Waals surface area contributed by atoms with E-state index in [0.29, 0.717) is 17.0 Å². The largest absolute Gasteiger partial charge is 0.508 e. The highest BCUT2D eigenvalue weighted by Gasteiger charge is 2.14. The van der Waals surface area contributed by atoms with Gasteiger partial charge in [0.25, 0.3) is 5.91 Å². The van der Waals surface area contributed by atoms with Crippen LogP contribution in [0.4, 0.5) is 5.69 Å². The van der Waals surface area contributed by atoms with Gasteiger partial charge in [0.05, 0.1) is 5.56 Å². The second kappa shape index (κ2) is 8.15. The Balaban J connectivity index is 1.85. The first-order valence-corrected chi connectivity index (χ1v) is 8.53. The summed E-state index contributed by atoms with van der Waals surface area (Å²) in [4.78, 5) is 23.5. The van der Waals surface area contributed by atoms with Gasteiger partial charge in [0.1, 0.15) is 28.9 Å². The number of rotatable bonds is 5. The molecular weight excluding hydrogens is 372 g/mol. The summed E-state index contributed by atoms with van der Waals surface area (Å²) >= 11 is 0. The predicted molar refractivity (Wildman–Crippen MR) is 106 cm³/mol. The molecule has 1 aromatic heterocycles. The summed E-state index contributed by atoms with van der Waals surface area (Å²) in [7, 11) is 0. The second-order valence-corrected chi connectivity index (χ2v) is 6.21. The van der Waals surface area contributed by atoms with E-state index in [1.54, 1.807) is 18.2 Å². The molecule has 0 radical (unpaired) electrons. The van der Waals surface area contributed by atoms with Crippen LogP contribution in [0.3, 0.4) is 0 Å². The van der Waals surface area contributed by atoms with Gasteiger partial charge in [-0.25, -0.2) is 4.79 Å². The minimum absolute atomic E-state index is 0.0597. The molecule has 2 aromatic carbocycles. The number of nitrogens with one attached hydrogen (secondary N) is 1. The fourth-order valence-corrected chi connectivity index (χ4v) is 2.63. The average Bonchev–Trinajstić information content (AvgIpc) is 3.16. The van der Waals surface area contributed by atoms with Gasteiger partial charge in [0.2, 0.25) is 0 Å². The third kappa shape index (κ3) is 4.51. The number of phenolic OH excluding ortho intramolecular Hbond substituents is 1.